The predicted molar refractivity (Wildman–Crippen MR) is 71.5 cm³/mol. The molecule has 4 N–H and O–H groups in total. The van der Waals surface area contributed by atoms with Crippen LogP contribution in [-0.4, -0.2) is 34.8 Å². The third kappa shape index (κ3) is 2.96. The van der Waals surface area contributed by atoms with Gasteiger partial charge in [0.15, 0.2) is 0 Å². The molecule has 2 heterocycles. The fourth-order valence-electron chi connectivity index (χ4n) is 2.16. The van der Waals surface area contributed by atoms with Crippen molar-refractivity contribution in [2.24, 2.45) is 11.7 Å². The number of piperidine rings is 1. The number of anilines is 1. The topological polar surface area (TPSA) is 102 Å². The van der Waals surface area contributed by atoms with Crippen LogP contribution in [0.3, 0.4) is 0 Å². The molecule has 102 valence electrons. The highest BCUT2D eigenvalue weighted by Crippen LogP contribution is 2.22. The molecule has 1 saturated heterocycles. The van der Waals surface area contributed by atoms with Crippen LogP contribution in [0.2, 0.25) is 5.15 Å². The van der Waals surface area contributed by atoms with Gasteiger partial charge >= 0.3 is 0 Å². The average Bonchev–Trinajstić information content (AvgIpc) is 2.41. The number of rotatable bonds is 2. The minimum absolute atomic E-state index is 0.151. The zero-order valence-corrected chi connectivity index (χ0v) is 11.1. The summed E-state index contributed by atoms with van der Waals surface area (Å²) in [5.41, 5.74) is 11.6. The van der Waals surface area contributed by atoms with Crippen molar-refractivity contribution in [3.8, 4) is 0 Å². The average molecular weight is 283 g/mol. The van der Waals surface area contributed by atoms with Crippen LogP contribution >= 0.6 is 11.6 Å². The smallest absolute Gasteiger partial charge is 0.256 e. The molecule has 0 aromatic carbocycles. The van der Waals surface area contributed by atoms with Gasteiger partial charge in [-0.2, -0.15) is 0 Å². The third-order valence-electron chi connectivity index (χ3n) is 3.32. The summed E-state index contributed by atoms with van der Waals surface area (Å²) in [6.07, 6.45) is 2.53. The van der Waals surface area contributed by atoms with E-state index in [4.69, 9.17) is 23.1 Å². The minimum atomic E-state index is -0.307. The van der Waals surface area contributed by atoms with E-state index in [1.165, 1.54) is 12.3 Å². The van der Waals surface area contributed by atoms with Crippen molar-refractivity contribution in [3.05, 3.63) is 23.0 Å². The second kappa shape index (κ2) is 5.44. The van der Waals surface area contributed by atoms with E-state index in [1.807, 2.05) is 0 Å². The molecule has 1 aromatic rings. The zero-order valence-electron chi connectivity index (χ0n) is 10.3. The van der Waals surface area contributed by atoms with E-state index in [1.54, 1.807) is 4.90 Å². The maximum absolute atomic E-state index is 12.3. The van der Waals surface area contributed by atoms with Gasteiger partial charge in [-0.3, -0.25) is 9.59 Å². The number of likely N-dealkylation sites (tertiary alicyclic amines) is 1. The molecule has 0 bridgehead atoms. The number of hydrogen-bond donors (Lipinski definition) is 2. The van der Waals surface area contributed by atoms with Crippen molar-refractivity contribution in [2.45, 2.75) is 12.8 Å². The Morgan fingerprint density at radius 2 is 2.00 bits per heavy atom. The van der Waals surface area contributed by atoms with Gasteiger partial charge in [-0.1, -0.05) is 11.6 Å². The highest BCUT2D eigenvalue weighted by molar-refractivity contribution is 6.29. The second-order valence-corrected chi connectivity index (χ2v) is 4.95. The number of halogens is 1. The molecule has 0 saturated carbocycles. The van der Waals surface area contributed by atoms with Crippen molar-refractivity contribution in [1.29, 1.82) is 0 Å². The lowest BCUT2D eigenvalue weighted by molar-refractivity contribution is -0.123. The van der Waals surface area contributed by atoms with Crippen molar-refractivity contribution in [1.82, 2.24) is 9.88 Å². The van der Waals surface area contributed by atoms with Crippen LogP contribution in [0.5, 0.6) is 0 Å². The van der Waals surface area contributed by atoms with Gasteiger partial charge in [0.25, 0.3) is 5.91 Å². The summed E-state index contributed by atoms with van der Waals surface area (Å²) in [5, 5.41) is 0.226. The van der Waals surface area contributed by atoms with Crippen LogP contribution in [0.1, 0.15) is 23.2 Å². The Hall–Kier alpha value is -1.82. The highest BCUT2D eigenvalue weighted by Gasteiger charge is 2.27. The Morgan fingerprint density at radius 1 is 1.37 bits per heavy atom. The van der Waals surface area contributed by atoms with Gasteiger partial charge in [0.05, 0.1) is 17.4 Å². The van der Waals surface area contributed by atoms with Gasteiger partial charge in [0.2, 0.25) is 5.91 Å². The van der Waals surface area contributed by atoms with Crippen LogP contribution in [0.15, 0.2) is 12.3 Å². The van der Waals surface area contributed by atoms with E-state index in [9.17, 15) is 9.59 Å². The lowest BCUT2D eigenvalue weighted by atomic mass is 9.96. The van der Waals surface area contributed by atoms with E-state index in [-0.39, 0.29) is 22.9 Å². The fourth-order valence-corrected chi connectivity index (χ4v) is 2.32. The maximum atomic E-state index is 12.3. The number of pyridine rings is 1. The van der Waals surface area contributed by atoms with Crippen LogP contribution < -0.4 is 11.5 Å². The number of primary amides is 1. The number of amides is 2. The molecule has 0 radical (unpaired) electrons. The Kier molecular flexibility index (Phi) is 3.90. The number of hydrogen-bond acceptors (Lipinski definition) is 4. The Morgan fingerprint density at radius 3 is 2.58 bits per heavy atom. The van der Waals surface area contributed by atoms with Crippen LogP contribution in [0, 0.1) is 5.92 Å². The van der Waals surface area contributed by atoms with Gasteiger partial charge in [-0.25, -0.2) is 4.98 Å². The van der Waals surface area contributed by atoms with Gasteiger partial charge in [0.1, 0.15) is 5.15 Å². The molecule has 0 aliphatic carbocycles. The molecule has 1 aliphatic rings. The Bertz CT molecular complexity index is 512. The summed E-state index contributed by atoms with van der Waals surface area (Å²) in [6, 6.07) is 1.46. The Labute approximate surface area is 115 Å². The van der Waals surface area contributed by atoms with E-state index < -0.39 is 0 Å². The fraction of sp³-hybridized carbons (Fsp3) is 0.417. The molecular formula is C12H15ClN4O2. The number of aromatic nitrogens is 1. The van der Waals surface area contributed by atoms with Gasteiger partial charge in [0, 0.05) is 19.0 Å². The third-order valence-corrected chi connectivity index (χ3v) is 3.52. The van der Waals surface area contributed by atoms with E-state index in [2.05, 4.69) is 4.98 Å². The van der Waals surface area contributed by atoms with E-state index in [0.717, 1.165) is 0 Å². The highest BCUT2D eigenvalue weighted by atomic mass is 35.5. The second-order valence-electron chi connectivity index (χ2n) is 4.56. The summed E-state index contributed by atoms with van der Waals surface area (Å²) in [5.74, 6) is -0.647. The van der Waals surface area contributed by atoms with E-state index in [0.29, 0.717) is 37.2 Å². The molecule has 2 rings (SSSR count). The molecule has 1 aliphatic heterocycles. The first kappa shape index (κ1) is 13.6. The number of carbonyl (C=O) groups is 2. The molecule has 1 fully saturated rings. The first-order valence-corrected chi connectivity index (χ1v) is 6.36. The molecule has 1 aromatic heterocycles. The number of nitrogen functional groups attached to an aromatic ring is 1. The number of carbonyl (C=O) groups excluding carboxylic acids is 2. The molecule has 6 nitrogen and oxygen atoms in total. The van der Waals surface area contributed by atoms with Crippen LogP contribution in [0.25, 0.3) is 0 Å². The van der Waals surface area contributed by atoms with Crippen LogP contribution in [0.4, 0.5) is 5.69 Å². The predicted octanol–water partition coefficient (Wildman–Crippen LogP) is 0.655. The summed E-state index contributed by atoms with van der Waals surface area (Å²) in [7, 11) is 0. The number of nitrogens with two attached hydrogens (primary N) is 2. The lowest BCUT2D eigenvalue weighted by Gasteiger charge is -2.30. The molecule has 0 atom stereocenters. The Balaban J connectivity index is 2.09. The summed E-state index contributed by atoms with van der Waals surface area (Å²) < 4.78 is 0. The number of nitrogens with zero attached hydrogens (tertiary/aromatic N) is 2. The van der Waals surface area contributed by atoms with E-state index >= 15 is 0 Å². The molecule has 2 amide bonds. The monoisotopic (exact) mass is 282 g/mol. The molecular weight excluding hydrogens is 268 g/mol. The first-order chi connectivity index (χ1) is 8.99. The van der Waals surface area contributed by atoms with Crippen molar-refractivity contribution >= 4 is 29.1 Å². The summed E-state index contributed by atoms with van der Waals surface area (Å²) in [4.78, 5) is 28.8. The van der Waals surface area contributed by atoms with Crippen molar-refractivity contribution in [2.75, 3.05) is 18.8 Å². The van der Waals surface area contributed by atoms with Gasteiger partial charge in [-0.15, -0.1) is 0 Å². The van der Waals surface area contributed by atoms with Crippen LogP contribution in [-0.2, 0) is 4.79 Å². The SMILES string of the molecule is NC(=O)C1CCN(C(=O)c2cc(Cl)ncc2N)CC1. The largest absolute Gasteiger partial charge is 0.397 e. The molecule has 0 spiro atoms. The summed E-state index contributed by atoms with van der Waals surface area (Å²) in [6.45, 7) is 0.984. The van der Waals surface area contributed by atoms with Gasteiger partial charge < -0.3 is 16.4 Å². The normalized spacial score (nSPS) is 16.4. The standard InChI is InChI=1S/C12H15ClN4O2/c13-10-5-8(9(14)6-16-10)12(19)17-3-1-7(2-4-17)11(15)18/h5-7H,1-4,14H2,(H2,15,18). The molecule has 0 unspecified atom stereocenters. The van der Waals surface area contributed by atoms with Gasteiger partial charge in [-0.05, 0) is 18.9 Å². The minimum Gasteiger partial charge on any atom is -0.397 e. The molecule has 7 heteroatoms. The first-order valence-electron chi connectivity index (χ1n) is 5.98. The lowest BCUT2D eigenvalue weighted by Crippen LogP contribution is -2.41. The summed E-state index contributed by atoms with van der Waals surface area (Å²) >= 11 is 5.77. The zero-order chi connectivity index (χ0) is 14.0. The van der Waals surface area contributed by atoms with Crippen molar-refractivity contribution in [3.63, 3.8) is 0 Å². The maximum Gasteiger partial charge on any atom is 0.256 e. The van der Waals surface area contributed by atoms with Crippen molar-refractivity contribution < 1.29 is 9.59 Å². The molecule has 19 heavy (non-hydrogen) atoms. The quantitative estimate of drug-likeness (QED) is 0.778.